The number of amides is 1. The Balaban J connectivity index is 2.18. The first-order valence-corrected chi connectivity index (χ1v) is 6.24. The molecule has 0 bridgehead atoms. The van der Waals surface area contributed by atoms with E-state index in [-0.39, 0.29) is 5.91 Å². The third-order valence-corrected chi connectivity index (χ3v) is 3.87. The van der Waals surface area contributed by atoms with Crippen molar-refractivity contribution in [3.8, 4) is 0 Å². The quantitative estimate of drug-likeness (QED) is 0.761. The predicted molar refractivity (Wildman–Crippen MR) is 69.7 cm³/mol. The molecule has 0 atom stereocenters. The van der Waals surface area contributed by atoms with E-state index in [1.165, 1.54) is 5.56 Å². The van der Waals surface area contributed by atoms with E-state index in [2.05, 4.69) is 18.3 Å². The molecule has 3 rings (SSSR count). The highest BCUT2D eigenvalue weighted by Crippen LogP contribution is 2.38. The van der Waals surface area contributed by atoms with Crippen molar-refractivity contribution in [1.82, 2.24) is 0 Å². The van der Waals surface area contributed by atoms with Crippen LogP contribution in [0.3, 0.4) is 0 Å². The lowest BCUT2D eigenvalue weighted by atomic mass is 10.2. The van der Waals surface area contributed by atoms with Crippen molar-refractivity contribution in [2.75, 3.05) is 5.32 Å². The monoisotopic (exact) mass is 241 g/mol. The van der Waals surface area contributed by atoms with E-state index >= 15 is 0 Å². The second-order valence-corrected chi connectivity index (χ2v) is 5.14. The van der Waals surface area contributed by atoms with Crippen LogP contribution in [0.4, 0.5) is 5.69 Å². The normalized spacial score (nSPS) is 13.4. The molecule has 0 saturated carbocycles. The second kappa shape index (κ2) is 3.93. The fourth-order valence-electron chi connectivity index (χ4n) is 1.87. The smallest absolute Gasteiger partial charge is 0.256 e. The standard InChI is InChI=1S/C14H11NOS/c1-9-6-7-11-13(8-9)17-12-5-3-2-4-10(12)14(16)15-11/h2-8H,1H3,(H,15,16). The minimum Gasteiger partial charge on any atom is -0.321 e. The molecule has 0 fully saturated rings. The molecule has 0 aliphatic carbocycles. The number of hydrogen-bond acceptors (Lipinski definition) is 2. The van der Waals surface area contributed by atoms with Gasteiger partial charge in [0.1, 0.15) is 0 Å². The molecular weight excluding hydrogens is 230 g/mol. The van der Waals surface area contributed by atoms with E-state index < -0.39 is 0 Å². The number of rotatable bonds is 0. The van der Waals surface area contributed by atoms with Gasteiger partial charge >= 0.3 is 0 Å². The summed E-state index contributed by atoms with van der Waals surface area (Å²) in [6.07, 6.45) is 0. The van der Waals surface area contributed by atoms with Crippen molar-refractivity contribution in [2.24, 2.45) is 0 Å². The van der Waals surface area contributed by atoms with Gasteiger partial charge in [-0.15, -0.1) is 0 Å². The van der Waals surface area contributed by atoms with Gasteiger partial charge in [-0.3, -0.25) is 4.79 Å². The third-order valence-electron chi connectivity index (χ3n) is 2.74. The van der Waals surface area contributed by atoms with Crippen LogP contribution >= 0.6 is 11.8 Å². The molecule has 1 heterocycles. The molecule has 0 radical (unpaired) electrons. The molecule has 2 aromatic rings. The Morgan fingerprint density at radius 1 is 1.06 bits per heavy atom. The highest BCUT2D eigenvalue weighted by Gasteiger charge is 2.18. The van der Waals surface area contributed by atoms with Gasteiger partial charge in [-0.05, 0) is 36.8 Å². The van der Waals surface area contributed by atoms with E-state index in [1.807, 2.05) is 36.4 Å². The number of nitrogens with one attached hydrogen (secondary N) is 1. The van der Waals surface area contributed by atoms with Crippen molar-refractivity contribution < 1.29 is 4.79 Å². The molecule has 0 spiro atoms. The summed E-state index contributed by atoms with van der Waals surface area (Å²) in [4.78, 5) is 14.1. The molecule has 0 saturated heterocycles. The summed E-state index contributed by atoms with van der Waals surface area (Å²) in [6.45, 7) is 2.06. The van der Waals surface area contributed by atoms with Crippen molar-refractivity contribution >= 4 is 23.4 Å². The average Bonchev–Trinajstić information content (AvgIpc) is 2.46. The number of carbonyl (C=O) groups excluding carboxylic acids is 1. The van der Waals surface area contributed by atoms with Crippen LogP contribution in [0.2, 0.25) is 0 Å². The number of carbonyl (C=O) groups is 1. The van der Waals surface area contributed by atoms with Crippen LogP contribution in [0.5, 0.6) is 0 Å². The van der Waals surface area contributed by atoms with E-state index in [1.54, 1.807) is 11.8 Å². The van der Waals surface area contributed by atoms with Crippen molar-refractivity contribution in [3.05, 3.63) is 53.6 Å². The first-order chi connectivity index (χ1) is 8.24. The van der Waals surface area contributed by atoms with Gasteiger partial charge in [-0.25, -0.2) is 0 Å². The highest BCUT2D eigenvalue weighted by atomic mass is 32.2. The zero-order valence-corrected chi connectivity index (χ0v) is 10.2. The van der Waals surface area contributed by atoms with Crippen LogP contribution in [0.1, 0.15) is 15.9 Å². The summed E-state index contributed by atoms with van der Waals surface area (Å²) in [7, 11) is 0. The fourth-order valence-corrected chi connectivity index (χ4v) is 3.00. The average molecular weight is 241 g/mol. The predicted octanol–water partition coefficient (Wildman–Crippen LogP) is 3.71. The maximum atomic E-state index is 12.0. The van der Waals surface area contributed by atoms with Gasteiger partial charge in [0.15, 0.2) is 0 Å². The van der Waals surface area contributed by atoms with Crippen molar-refractivity contribution in [1.29, 1.82) is 0 Å². The molecule has 0 aromatic heterocycles. The van der Waals surface area contributed by atoms with Gasteiger partial charge < -0.3 is 5.32 Å². The van der Waals surface area contributed by atoms with E-state index in [4.69, 9.17) is 0 Å². The third kappa shape index (κ3) is 1.83. The molecule has 1 N–H and O–H groups in total. The van der Waals surface area contributed by atoms with E-state index in [9.17, 15) is 4.79 Å². The van der Waals surface area contributed by atoms with E-state index in [0.717, 1.165) is 21.0 Å². The minimum atomic E-state index is -0.0318. The summed E-state index contributed by atoms with van der Waals surface area (Å²) < 4.78 is 0. The Morgan fingerprint density at radius 2 is 1.88 bits per heavy atom. The van der Waals surface area contributed by atoms with Crippen molar-refractivity contribution in [2.45, 2.75) is 16.7 Å². The topological polar surface area (TPSA) is 29.1 Å². The van der Waals surface area contributed by atoms with Gasteiger partial charge in [0.05, 0.1) is 11.3 Å². The molecule has 84 valence electrons. The summed E-state index contributed by atoms with van der Waals surface area (Å²) >= 11 is 1.64. The van der Waals surface area contributed by atoms with Gasteiger partial charge in [-0.1, -0.05) is 30.0 Å². The number of fused-ring (bicyclic) bond motifs is 2. The van der Waals surface area contributed by atoms with Gasteiger partial charge in [0.25, 0.3) is 5.91 Å². The zero-order chi connectivity index (χ0) is 11.8. The maximum absolute atomic E-state index is 12.0. The van der Waals surface area contributed by atoms with Crippen LogP contribution in [0, 0.1) is 6.92 Å². The molecule has 1 aliphatic heterocycles. The van der Waals surface area contributed by atoms with Gasteiger partial charge in [-0.2, -0.15) is 0 Å². The van der Waals surface area contributed by atoms with Crippen LogP contribution in [0.15, 0.2) is 52.3 Å². The lowest BCUT2D eigenvalue weighted by molar-refractivity contribution is 0.102. The fraction of sp³-hybridized carbons (Fsp3) is 0.0714. The summed E-state index contributed by atoms with van der Waals surface area (Å²) in [5, 5.41) is 2.95. The van der Waals surface area contributed by atoms with Crippen LogP contribution in [-0.4, -0.2) is 5.91 Å². The van der Waals surface area contributed by atoms with Crippen LogP contribution < -0.4 is 5.32 Å². The van der Waals surface area contributed by atoms with E-state index in [0.29, 0.717) is 0 Å². The Bertz CT molecular complexity index is 607. The Hall–Kier alpha value is -1.74. The maximum Gasteiger partial charge on any atom is 0.256 e. The lowest BCUT2D eigenvalue weighted by Crippen LogP contribution is -2.11. The molecule has 2 aromatic carbocycles. The molecule has 0 unspecified atom stereocenters. The number of benzene rings is 2. The molecule has 1 amide bonds. The van der Waals surface area contributed by atoms with Crippen LogP contribution in [-0.2, 0) is 0 Å². The first kappa shape index (κ1) is 10.4. The SMILES string of the molecule is Cc1ccc2c(c1)Sc1ccccc1C(=O)N2. The lowest BCUT2D eigenvalue weighted by Gasteiger charge is -2.06. The zero-order valence-electron chi connectivity index (χ0n) is 9.36. The van der Waals surface area contributed by atoms with Gasteiger partial charge in [0.2, 0.25) is 0 Å². The second-order valence-electron chi connectivity index (χ2n) is 4.05. The summed E-state index contributed by atoms with van der Waals surface area (Å²) in [5.74, 6) is -0.0318. The minimum absolute atomic E-state index is 0.0318. The summed E-state index contributed by atoms with van der Waals surface area (Å²) in [5.41, 5.74) is 2.83. The molecule has 2 nitrogen and oxygen atoms in total. The highest BCUT2D eigenvalue weighted by molar-refractivity contribution is 7.99. The molecular formula is C14H11NOS. The Labute approximate surface area is 104 Å². The Kier molecular flexibility index (Phi) is 2.41. The number of anilines is 1. The van der Waals surface area contributed by atoms with Crippen LogP contribution in [0.25, 0.3) is 0 Å². The van der Waals surface area contributed by atoms with Gasteiger partial charge in [0, 0.05) is 9.79 Å². The number of aryl methyl sites for hydroxylation is 1. The molecule has 17 heavy (non-hydrogen) atoms. The van der Waals surface area contributed by atoms with Crippen molar-refractivity contribution in [3.63, 3.8) is 0 Å². The number of hydrogen-bond donors (Lipinski definition) is 1. The molecule has 1 aliphatic rings. The Morgan fingerprint density at radius 3 is 2.76 bits per heavy atom. The molecule has 3 heteroatoms. The summed E-state index contributed by atoms with van der Waals surface area (Å²) in [6, 6.07) is 13.8. The largest absolute Gasteiger partial charge is 0.321 e. The first-order valence-electron chi connectivity index (χ1n) is 5.43.